The zero-order valence-electron chi connectivity index (χ0n) is 16.9. The van der Waals surface area contributed by atoms with E-state index in [1.807, 2.05) is 29.2 Å². The lowest BCUT2D eigenvalue weighted by atomic mass is 10.1. The first kappa shape index (κ1) is 22.2. The number of rotatable bonds is 8. The Hall–Kier alpha value is -2.54. The molecule has 4 rings (SSSR count). The molecule has 1 aliphatic heterocycles. The van der Waals surface area contributed by atoms with Gasteiger partial charge in [-0.3, -0.25) is 9.69 Å². The molecule has 0 saturated carbocycles. The molecule has 0 N–H and O–H groups in total. The molecule has 7 heteroatoms. The standard InChI is InChI=1S/C23H26N2O4.ClH/c26-23(22-9-4-15-28-22)25-12-10-24(11-13-25)14-16-27-17-18-29-21-8-3-6-19-5-1-2-7-20(19)21;/h1-9,15H,10-14,16-18H2;1H. The van der Waals surface area contributed by atoms with Crippen LogP contribution in [0.3, 0.4) is 0 Å². The van der Waals surface area contributed by atoms with Gasteiger partial charge in [0.25, 0.3) is 5.91 Å². The molecule has 1 aromatic heterocycles. The van der Waals surface area contributed by atoms with Gasteiger partial charge in [0.2, 0.25) is 0 Å². The first-order valence-corrected chi connectivity index (χ1v) is 10.0. The Balaban J connectivity index is 0.00000256. The van der Waals surface area contributed by atoms with E-state index in [-0.39, 0.29) is 18.3 Å². The summed E-state index contributed by atoms with van der Waals surface area (Å²) in [6.45, 7) is 5.72. The van der Waals surface area contributed by atoms with Gasteiger partial charge in [-0.05, 0) is 23.6 Å². The van der Waals surface area contributed by atoms with E-state index in [0.29, 0.717) is 38.7 Å². The minimum atomic E-state index is -0.0310. The smallest absolute Gasteiger partial charge is 0.289 e. The summed E-state index contributed by atoms with van der Waals surface area (Å²) in [7, 11) is 0. The number of hydrogen-bond donors (Lipinski definition) is 0. The number of benzene rings is 2. The van der Waals surface area contributed by atoms with E-state index < -0.39 is 0 Å². The van der Waals surface area contributed by atoms with Gasteiger partial charge < -0.3 is 18.8 Å². The average molecular weight is 431 g/mol. The Morgan fingerprint density at radius 3 is 2.50 bits per heavy atom. The van der Waals surface area contributed by atoms with Gasteiger partial charge in [-0.25, -0.2) is 0 Å². The normalized spacial score (nSPS) is 14.5. The SMILES string of the molecule is Cl.O=C(c1ccco1)N1CCN(CCOCCOc2cccc3ccccc23)CC1. The number of ether oxygens (including phenoxy) is 2. The predicted molar refractivity (Wildman–Crippen MR) is 119 cm³/mol. The summed E-state index contributed by atoms with van der Waals surface area (Å²) >= 11 is 0. The van der Waals surface area contributed by atoms with Gasteiger partial charge in [0.1, 0.15) is 12.4 Å². The van der Waals surface area contributed by atoms with Crippen molar-refractivity contribution in [2.24, 2.45) is 0 Å². The Morgan fingerprint density at radius 2 is 1.70 bits per heavy atom. The first-order chi connectivity index (χ1) is 14.3. The zero-order chi connectivity index (χ0) is 19.9. The number of furan rings is 1. The predicted octanol–water partition coefficient (Wildman–Crippen LogP) is 3.71. The first-order valence-electron chi connectivity index (χ1n) is 10.0. The summed E-state index contributed by atoms with van der Waals surface area (Å²) in [5.74, 6) is 1.27. The van der Waals surface area contributed by atoms with Gasteiger partial charge in [0.05, 0.1) is 19.5 Å². The van der Waals surface area contributed by atoms with Crippen molar-refractivity contribution in [2.45, 2.75) is 0 Å². The fraction of sp³-hybridized carbons (Fsp3) is 0.348. The van der Waals surface area contributed by atoms with Gasteiger partial charge in [-0.1, -0.05) is 36.4 Å². The van der Waals surface area contributed by atoms with E-state index in [0.717, 1.165) is 30.8 Å². The molecule has 2 heterocycles. The van der Waals surface area contributed by atoms with Crippen molar-refractivity contribution in [3.8, 4) is 5.75 Å². The monoisotopic (exact) mass is 430 g/mol. The highest BCUT2D eigenvalue weighted by atomic mass is 35.5. The maximum absolute atomic E-state index is 12.3. The number of hydrogen-bond acceptors (Lipinski definition) is 5. The van der Waals surface area contributed by atoms with E-state index in [2.05, 4.69) is 23.1 Å². The van der Waals surface area contributed by atoms with Crippen molar-refractivity contribution < 1.29 is 18.7 Å². The molecule has 6 nitrogen and oxygen atoms in total. The Labute approximate surface area is 182 Å². The molecule has 3 aromatic rings. The van der Waals surface area contributed by atoms with Crippen molar-refractivity contribution in [2.75, 3.05) is 52.5 Å². The number of carbonyl (C=O) groups excluding carboxylic acids is 1. The van der Waals surface area contributed by atoms with Crippen LogP contribution in [0.25, 0.3) is 10.8 Å². The van der Waals surface area contributed by atoms with Gasteiger partial charge in [-0.2, -0.15) is 0 Å². The van der Waals surface area contributed by atoms with Crippen molar-refractivity contribution in [1.29, 1.82) is 0 Å². The van der Waals surface area contributed by atoms with Crippen molar-refractivity contribution in [1.82, 2.24) is 9.80 Å². The highest BCUT2D eigenvalue weighted by Crippen LogP contribution is 2.24. The minimum absolute atomic E-state index is 0. The van der Waals surface area contributed by atoms with E-state index in [9.17, 15) is 4.79 Å². The van der Waals surface area contributed by atoms with Crippen LogP contribution in [0.1, 0.15) is 10.6 Å². The number of piperazine rings is 1. The summed E-state index contributed by atoms with van der Waals surface area (Å²) in [5, 5.41) is 2.30. The number of carbonyl (C=O) groups is 1. The van der Waals surface area contributed by atoms with Crippen molar-refractivity contribution >= 4 is 29.1 Å². The van der Waals surface area contributed by atoms with Crippen LogP contribution in [-0.4, -0.2) is 68.3 Å². The molecule has 0 atom stereocenters. The molecule has 1 saturated heterocycles. The summed E-state index contributed by atoms with van der Waals surface area (Å²) in [4.78, 5) is 16.4. The lowest BCUT2D eigenvalue weighted by molar-refractivity contribution is 0.0487. The summed E-state index contributed by atoms with van der Waals surface area (Å²) < 4.78 is 16.8. The third kappa shape index (κ3) is 5.53. The second kappa shape index (κ2) is 11.0. The van der Waals surface area contributed by atoms with Gasteiger partial charge >= 0.3 is 0 Å². The van der Waals surface area contributed by atoms with E-state index in [4.69, 9.17) is 13.9 Å². The summed E-state index contributed by atoms with van der Waals surface area (Å²) in [6, 6.07) is 17.7. The molecule has 0 radical (unpaired) electrons. The fourth-order valence-corrected chi connectivity index (χ4v) is 3.56. The molecule has 0 aliphatic carbocycles. The molecule has 0 spiro atoms. The number of nitrogens with zero attached hydrogens (tertiary/aromatic N) is 2. The number of halogens is 1. The quantitative estimate of drug-likeness (QED) is 0.510. The van der Waals surface area contributed by atoms with E-state index >= 15 is 0 Å². The molecule has 1 fully saturated rings. The van der Waals surface area contributed by atoms with Crippen LogP contribution < -0.4 is 4.74 Å². The lowest BCUT2D eigenvalue weighted by Gasteiger charge is -2.34. The van der Waals surface area contributed by atoms with Crippen LogP contribution >= 0.6 is 12.4 Å². The summed E-state index contributed by atoms with van der Waals surface area (Å²) in [6.07, 6.45) is 1.53. The molecule has 0 unspecified atom stereocenters. The highest BCUT2D eigenvalue weighted by Gasteiger charge is 2.23. The second-order valence-electron chi connectivity index (χ2n) is 7.05. The van der Waals surface area contributed by atoms with Gasteiger partial charge in [0.15, 0.2) is 5.76 Å². The molecule has 1 aliphatic rings. The van der Waals surface area contributed by atoms with Crippen LogP contribution in [0.5, 0.6) is 5.75 Å². The average Bonchev–Trinajstić information content (AvgIpc) is 3.31. The van der Waals surface area contributed by atoms with Crippen LogP contribution in [0.4, 0.5) is 0 Å². The van der Waals surface area contributed by atoms with Crippen LogP contribution in [0.15, 0.2) is 65.3 Å². The van der Waals surface area contributed by atoms with Crippen molar-refractivity contribution in [3.05, 3.63) is 66.6 Å². The molecular weight excluding hydrogens is 404 g/mol. The molecule has 1 amide bonds. The van der Waals surface area contributed by atoms with Gasteiger partial charge in [-0.15, -0.1) is 12.4 Å². The third-order valence-electron chi connectivity index (χ3n) is 5.18. The summed E-state index contributed by atoms with van der Waals surface area (Å²) in [5.41, 5.74) is 0. The van der Waals surface area contributed by atoms with Gasteiger partial charge in [0, 0.05) is 38.1 Å². The Kier molecular flexibility index (Phi) is 8.13. The largest absolute Gasteiger partial charge is 0.491 e. The molecular formula is C23H27ClN2O4. The van der Waals surface area contributed by atoms with Crippen LogP contribution in [-0.2, 0) is 4.74 Å². The highest BCUT2D eigenvalue weighted by molar-refractivity contribution is 5.91. The molecule has 160 valence electrons. The minimum Gasteiger partial charge on any atom is -0.491 e. The maximum atomic E-state index is 12.3. The van der Waals surface area contributed by atoms with E-state index in [1.165, 1.54) is 11.6 Å². The number of amides is 1. The van der Waals surface area contributed by atoms with Crippen LogP contribution in [0.2, 0.25) is 0 Å². The second-order valence-corrected chi connectivity index (χ2v) is 7.05. The third-order valence-corrected chi connectivity index (χ3v) is 5.18. The van der Waals surface area contributed by atoms with Crippen LogP contribution in [0, 0.1) is 0 Å². The maximum Gasteiger partial charge on any atom is 0.289 e. The Morgan fingerprint density at radius 1 is 0.900 bits per heavy atom. The lowest BCUT2D eigenvalue weighted by Crippen LogP contribution is -2.49. The fourth-order valence-electron chi connectivity index (χ4n) is 3.56. The number of fused-ring (bicyclic) bond motifs is 1. The van der Waals surface area contributed by atoms with Crippen molar-refractivity contribution in [3.63, 3.8) is 0 Å². The zero-order valence-corrected chi connectivity index (χ0v) is 17.7. The Bertz CT molecular complexity index is 919. The molecule has 30 heavy (non-hydrogen) atoms. The topological polar surface area (TPSA) is 55.2 Å². The molecule has 2 aromatic carbocycles. The molecule has 0 bridgehead atoms. The van der Waals surface area contributed by atoms with E-state index in [1.54, 1.807) is 12.1 Å².